The van der Waals surface area contributed by atoms with E-state index < -0.39 is 14.3 Å². The normalized spacial score (nSPS) is 11.9. The lowest BCUT2D eigenvalue weighted by Crippen LogP contribution is -2.31. The van der Waals surface area contributed by atoms with Gasteiger partial charge in [-0.1, -0.05) is 121 Å². The Morgan fingerprint density at radius 2 is 0.645 bits per heavy atom. The van der Waals surface area contributed by atoms with Crippen LogP contribution in [0.1, 0.15) is 0 Å². The number of nitrogens with one attached hydrogen (secondary N) is 1. The Morgan fingerprint density at radius 1 is 0.419 bits per heavy atom. The smallest absolute Gasteiger partial charge is 0.156 e. The summed E-state index contributed by atoms with van der Waals surface area (Å²) in [5.41, 5.74) is 0. The van der Waals surface area contributed by atoms with Crippen molar-refractivity contribution in [3.63, 3.8) is 0 Å². The SMILES string of the molecule is O=P(CNCP(=O)(c1ccccc1)c1ccccc1)(c1ccccc1)c1ccccc1. The zero-order valence-electron chi connectivity index (χ0n) is 17.2. The highest BCUT2D eigenvalue weighted by atomic mass is 31.2. The molecule has 0 aliphatic heterocycles. The van der Waals surface area contributed by atoms with E-state index in [4.69, 9.17) is 0 Å². The molecule has 0 radical (unpaired) electrons. The molecule has 0 saturated heterocycles. The molecule has 0 aliphatic carbocycles. The average Bonchev–Trinajstić information content (AvgIpc) is 2.86. The van der Waals surface area contributed by atoms with Gasteiger partial charge < -0.3 is 14.4 Å². The standard InChI is InChI=1S/C26H25NO2P2/c28-30(23-13-5-1-6-14-23,24-15-7-2-8-16-24)21-27-22-31(29,25-17-9-3-10-18-25)26-19-11-4-12-20-26/h1-20,27H,21-22H2. The number of hydrogen-bond acceptors (Lipinski definition) is 3. The van der Waals surface area contributed by atoms with Gasteiger partial charge in [-0.15, -0.1) is 0 Å². The van der Waals surface area contributed by atoms with Crippen molar-refractivity contribution in [2.75, 3.05) is 12.6 Å². The molecular weight excluding hydrogens is 420 g/mol. The minimum absolute atomic E-state index is 0.241. The summed E-state index contributed by atoms with van der Waals surface area (Å²) < 4.78 is 28.4. The van der Waals surface area contributed by atoms with Crippen molar-refractivity contribution in [1.29, 1.82) is 0 Å². The van der Waals surface area contributed by atoms with Gasteiger partial charge in [0.15, 0.2) is 14.3 Å². The van der Waals surface area contributed by atoms with E-state index in [-0.39, 0.29) is 12.6 Å². The highest BCUT2D eigenvalue weighted by molar-refractivity contribution is 7.79. The van der Waals surface area contributed by atoms with Gasteiger partial charge in [0.2, 0.25) is 0 Å². The molecule has 0 unspecified atom stereocenters. The molecule has 4 rings (SSSR count). The van der Waals surface area contributed by atoms with Gasteiger partial charge in [0.05, 0.1) is 12.6 Å². The van der Waals surface area contributed by atoms with Gasteiger partial charge in [0.25, 0.3) is 0 Å². The third-order valence-electron chi connectivity index (χ3n) is 5.36. The van der Waals surface area contributed by atoms with Crippen LogP contribution in [-0.4, -0.2) is 12.6 Å². The van der Waals surface area contributed by atoms with Gasteiger partial charge in [-0.2, -0.15) is 0 Å². The summed E-state index contributed by atoms with van der Waals surface area (Å²) in [5, 5.41) is 6.51. The summed E-state index contributed by atoms with van der Waals surface area (Å²) in [5.74, 6) is 0. The van der Waals surface area contributed by atoms with Crippen molar-refractivity contribution in [2.45, 2.75) is 0 Å². The van der Waals surface area contributed by atoms with E-state index in [0.29, 0.717) is 0 Å². The average molecular weight is 445 g/mol. The zero-order chi connectivity index (χ0) is 21.6. The van der Waals surface area contributed by atoms with Crippen LogP contribution < -0.4 is 26.5 Å². The van der Waals surface area contributed by atoms with Gasteiger partial charge >= 0.3 is 0 Å². The monoisotopic (exact) mass is 445 g/mol. The molecule has 0 heterocycles. The molecule has 0 saturated carbocycles. The second-order valence-corrected chi connectivity index (χ2v) is 13.0. The molecule has 31 heavy (non-hydrogen) atoms. The van der Waals surface area contributed by atoms with Crippen LogP contribution in [0.2, 0.25) is 0 Å². The Labute approximate surface area is 183 Å². The van der Waals surface area contributed by atoms with Gasteiger partial charge in [-0.25, -0.2) is 0 Å². The molecule has 0 spiro atoms. The molecule has 0 amide bonds. The minimum atomic E-state index is -2.93. The summed E-state index contributed by atoms with van der Waals surface area (Å²) >= 11 is 0. The van der Waals surface area contributed by atoms with E-state index in [9.17, 15) is 9.13 Å². The third kappa shape index (κ3) is 4.65. The topological polar surface area (TPSA) is 46.2 Å². The Bertz CT molecular complexity index is 1010. The van der Waals surface area contributed by atoms with Crippen LogP contribution in [-0.2, 0) is 9.13 Å². The van der Waals surface area contributed by atoms with E-state index in [2.05, 4.69) is 5.32 Å². The lowest BCUT2D eigenvalue weighted by molar-refractivity contribution is 0.578. The summed E-state index contributed by atoms with van der Waals surface area (Å²) in [6, 6.07) is 38.2. The van der Waals surface area contributed by atoms with Crippen LogP contribution in [0.4, 0.5) is 0 Å². The molecule has 4 aromatic carbocycles. The van der Waals surface area contributed by atoms with Gasteiger partial charge in [0, 0.05) is 21.2 Å². The number of rotatable bonds is 8. The van der Waals surface area contributed by atoms with Gasteiger partial charge in [0.1, 0.15) is 0 Å². The molecule has 4 aromatic rings. The third-order valence-corrected chi connectivity index (χ3v) is 11.2. The predicted molar refractivity (Wildman–Crippen MR) is 132 cm³/mol. The van der Waals surface area contributed by atoms with Crippen molar-refractivity contribution in [3.05, 3.63) is 121 Å². The Balaban J connectivity index is 1.66. The highest BCUT2D eigenvalue weighted by Crippen LogP contribution is 2.45. The van der Waals surface area contributed by atoms with Crippen LogP contribution in [0.3, 0.4) is 0 Å². The molecule has 0 atom stereocenters. The molecule has 0 aromatic heterocycles. The first-order valence-electron chi connectivity index (χ1n) is 10.2. The highest BCUT2D eigenvalue weighted by Gasteiger charge is 2.30. The van der Waals surface area contributed by atoms with Crippen molar-refractivity contribution >= 4 is 35.5 Å². The Morgan fingerprint density at radius 3 is 0.871 bits per heavy atom. The fraction of sp³-hybridized carbons (Fsp3) is 0.0769. The lowest BCUT2D eigenvalue weighted by atomic mass is 10.4. The largest absolute Gasteiger partial charge is 0.312 e. The minimum Gasteiger partial charge on any atom is -0.312 e. The predicted octanol–water partition coefficient (Wildman–Crippen LogP) is 4.52. The first-order valence-corrected chi connectivity index (χ1v) is 14.0. The van der Waals surface area contributed by atoms with Crippen LogP contribution >= 0.6 is 14.3 Å². The van der Waals surface area contributed by atoms with E-state index in [1.165, 1.54) is 0 Å². The maximum atomic E-state index is 14.2. The Kier molecular flexibility index (Phi) is 6.68. The molecule has 1 N–H and O–H groups in total. The van der Waals surface area contributed by atoms with Crippen molar-refractivity contribution in [1.82, 2.24) is 5.32 Å². The molecule has 0 fully saturated rings. The van der Waals surface area contributed by atoms with Crippen LogP contribution in [0.25, 0.3) is 0 Å². The van der Waals surface area contributed by atoms with E-state index in [0.717, 1.165) is 21.2 Å². The lowest BCUT2D eigenvalue weighted by Gasteiger charge is -2.23. The summed E-state index contributed by atoms with van der Waals surface area (Å²) in [6.07, 6.45) is 0.482. The van der Waals surface area contributed by atoms with Crippen LogP contribution in [0.5, 0.6) is 0 Å². The Hall–Kier alpha value is -2.70. The van der Waals surface area contributed by atoms with E-state index >= 15 is 0 Å². The van der Waals surface area contributed by atoms with Crippen molar-refractivity contribution in [3.8, 4) is 0 Å². The maximum Gasteiger partial charge on any atom is 0.156 e. The van der Waals surface area contributed by atoms with Gasteiger partial charge in [-0.05, 0) is 0 Å². The van der Waals surface area contributed by atoms with E-state index in [1.807, 2.05) is 121 Å². The second kappa shape index (κ2) is 9.62. The first-order chi connectivity index (χ1) is 15.1. The number of benzene rings is 4. The molecule has 0 aliphatic rings. The molecule has 0 bridgehead atoms. The molecule has 5 heteroatoms. The molecular formula is C26H25NO2P2. The van der Waals surface area contributed by atoms with Crippen molar-refractivity contribution < 1.29 is 9.13 Å². The van der Waals surface area contributed by atoms with Gasteiger partial charge in [-0.3, -0.25) is 0 Å². The zero-order valence-corrected chi connectivity index (χ0v) is 19.0. The number of hydrogen-bond donors (Lipinski definition) is 1. The molecule has 156 valence electrons. The fourth-order valence-electron chi connectivity index (χ4n) is 3.70. The fourth-order valence-corrected chi connectivity index (χ4v) is 8.67. The second-order valence-electron chi connectivity index (χ2n) is 7.39. The maximum absolute atomic E-state index is 14.2. The quantitative estimate of drug-likeness (QED) is 0.406. The summed E-state index contributed by atoms with van der Waals surface area (Å²) in [4.78, 5) is 0. The first kappa shape index (κ1) is 21.5. The summed E-state index contributed by atoms with van der Waals surface area (Å²) in [6.45, 7) is 0. The molecule has 3 nitrogen and oxygen atoms in total. The van der Waals surface area contributed by atoms with Crippen LogP contribution in [0.15, 0.2) is 121 Å². The van der Waals surface area contributed by atoms with Crippen molar-refractivity contribution in [2.24, 2.45) is 0 Å². The van der Waals surface area contributed by atoms with Crippen LogP contribution in [0, 0.1) is 0 Å². The summed E-state index contributed by atoms with van der Waals surface area (Å²) in [7, 11) is -5.85. The van der Waals surface area contributed by atoms with E-state index in [1.54, 1.807) is 0 Å².